The maximum Gasteiger partial charge on any atom is 0.0545 e. The maximum atomic E-state index is 9.55. The lowest BCUT2D eigenvalue weighted by atomic mass is 9.64. The largest absolute Gasteiger partial charge is 0.396 e. The van der Waals surface area contributed by atoms with E-state index < -0.39 is 0 Å². The summed E-state index contributed by atoms with van der Waals surface area (Å²) in [4.78, 5) is 0. The number of hydrogen-bond donors (Lipinski definition) is 2. The fraction of sp³-hybridized carbons (Fsp3) is 1.00. The van der Waals surface area contributed by atoms with Gasteiger partial charge in [-0.15, -0.1) is 0 Å². The van der Waals surface area contributed by atoms with E-state index in [1.807, 2.05) is 0 Å². The lowest BCUT2D eigenvalue weighted by molar-refractivity contribution is -0.0240. The zero-order valence-electron chi connectivity index (χ0n) is 7.45. The summed E-state index contributed by atoms with van der Waals surface area (Å²) in [5.74, 6) is 1.72. The predicted octanol–water partition coefficient (Wildman–Crippen LogP) is 1.17. The molecule has 2 bridgehead atoms. The smallest absolute Gasteiger partial charge is 0.0545 e. The van der Waals surface area contributed by atoms with Gasteiger partial charge in [0, 0.05) is 6.61 Å². The van der Waals surface area contributed by atoms with E-state index in [-0.39, 0.29) is 6.10 Å². The summed E-state index contributed by atoms with van der Waals surface area (Å²) in [6.07, 6.45) is 5.53. The van der Waals surface area contributed by atoms with Crippen LogP contribution < -0.4 is 0 Å². The molecule has 0 spiro atoms. The van der Waals surface area contributed by atoms with Gasteiger partial charge in [-0.3, -0.25) is 0 Å². The minimum Gasteiger partial charge on any atom is -0.396 e. The zero-order valence-corrected chi connectivity index (χ0v) is 7.45. The molecule has 2 rings (SSSR count). The van der Waals surface area contributed by atoms with Gasteiger partial charge in [-0.1, -0.05) is 6.42 Å². The summed E-state index contributed by atoms with van der Waals surface area (Å²) in [6, 6.07) is 0. The lowest BCUT2D eigenvalue weighted by Crippen LogP contribution is -2.40. The van der Waals surface area contributed by atoms with Gasteiger partial charge in [0.1, 0.15) is 0 Å². The molecule has 0 aromatic rings. The van der Waals surface area contributed by atoms with Crippen molar-refractivity contribution in [2.24, 2.45) is 17.8 Å². The van der Waals surface area contributed by atoms with Crippen molar-refractivity contribution >= 4 is 0 Å². The molecule has 0 amide bonds. The fourth-order valence-electron chi connectivity index (χ4n) is 3.13. The second-order valence-corrected chi connectivity index (χ2v) is 4.42. The molecule has 2 N–H and O–H groups in total. The second kappa shape index (κ2) is 3.35. The molecule has 2 atom stereocenters. The fourth-order valence-corrected chi connectivity index (χ4v) is 3.13. The van der Waals surface area contributed by atoms with Gasteiger partial charge in [-0.2, -0.15) is 0 Å². The number of aliphatic hydroxyl groups is 2. The van der Waals surface area contributed by atoms with E-state index in [0.717, 1.165) is 12.8 Å². The van der Waals surface area contributed by atoms with Crippen LogP contribution in [0.1, 0.15) is 32.1 Å². The van der Waals surface area contributed by atoms with Gasteiger partial charge in [0.05, 0.1) is 6.10 Å². The number of rotatable bonds is 1. The van der Waals surface area contributed by atoms with Crippen LogP contribution in [0.4, 0.5) is 0 Å². The monoisotopic (exact) mass is 170 g/mol. The Kier molecular flexibility index (Phi) is 2.37. The van der Waals surface area contributed by atoms with E-state index >= 15 is 0 Å². The van der Waals surface area contributed by atoms with Crippen LogP contribution in [0.25, 0.3) is 0 Å². The van der Waals surface area contributed by atoms with Gasteiger partial charge in [0.15, 0.2) is 0 Å². The Bertz CT molecular complexity index is 144. The molecule has 2 aliphatic carbocycles. The Morgan fingerprint density at radius 2 is 1.67 bits per heavy atom. The van der Waals surface area contributed by atoms with Crippen molar-refractivity contribution in [1.82, 2.24) is 0 Å². The van der Waals surface area contributed by atoms with Gasteiger partial charge in [0.2, 0.25) is 0 Å². The third kappa shape index (κ3) is 1.38. The number of hydrogen-bond acceptors (Lipinski definition) is 2. The molecular formula is C10H18O2. The Balaban J connectivity index is 2.06. The molecule has 0 aromatic carbocycles. The highest BCUT2D eigenvalue weighted by Gasteiger charge is 2.38. The van der Waals surface area contributed by atoms with Crippen LogP contribution in [0.3, 0.4) is 0 Å². The topological polar surface area (TPSA) is 40.5 Å². The summed E-state index contributed by atoms with van der Waals surface area (Å²) in [5, 5.41) is 18.7. The van der Waals surface area contributed by atoms with E-state index in [1.54, 1.807) is 0 Å². The molecule has 0 heterocycles. The summed E-state index contributed by atoms with van der Waals surface area (Å²) < 4.78 is 0. The van der Waals surface area contributed by atoms with Crippen LogP contribution in [0.5, 0.6) is 0 Å². The van der Waals surface area contributed by atoms with Crippen molar-refractivity contribution in [1.29, 1.82) is 0 Å². The minimum absolute atomic E-state index is 0.0805. The predicted molar refractivity (Wildman–Crippen MR) is 46.6 cm³/mol. The molecule has 0 aliphatic heterocycles. The lowest BCUT2D eigenvalue weighted by Gasteiger charge is -2.43. The van der Waals surface area contributed by atoms with Crippen molar-refractivity contribution in [3.05, 3.63) is 0 Å². The SMILES string of the molecule is OCC1C2CCCC1CC(O)C2. The molecule has 0 aromatic heterocycles. The first-order valence-corrected chi connectivity index (χ1v) is 5.10. The van der Waals surface area contributed by atoms with Crippen LogP contribution in [0.15, 0.2) is 0 Å². The van der Waals surface area contributed by atoms with Crippen LogP contribution in [0, 0.1) is 17.8 Å². The standard InChI is InChI=1S/C10H18O2/c11-6-10-7-2-1-3-8(10)5-9(12)4-7/h7-12H,1-6H2. The van der Waals surface area contributed by atoms with Gasteiger partial charge < -0.3 is 10.2 Å². The van der Waals surface area contributed by atoms with Gasteiger partial charge >= 0.3 is 0 Å². The van der Waals surface area contributed by atoms with Crippen LogP contribution in [-0.4, -0.2) is 22.9 Å². The Hall–Kier alpha value is -0.0800. The van der Waals surface area contributed by atoms with Crippen molar-refractivity contribution in [2.45, 2.75) is 38.2 Å². The van der Waals surface area contributed by atoms with Crippen LogP contribution in [-0.2, 0) is 0 Å². The molecule has 70 valence electrons. The number of aliphatic hydroxyl groups excluding tert-OH is 2. The first kappa shape index (κ1) is 8.52. The number of fused-ring (bicyclic) bond motifs is 2. The summed E-state index contributed by atoms with van der Waals surface area (Å²) >= 11 is 0. The molecule has 2 nitrogen and oxygen atoms in total. The third-order valence-electron chi connectivity index (χ3n) is 3.72. The highest BCUT2D eigenvalue weighted by Crippen LogP contribution is 2.44. The zero-order chi connectivity index (χ0) is 8.55. The van der Waals surface area contributed by atoms with E-state index in [2.05, 4.69) is 0 Å². The van der Waals surface area contributed by atoms with Crippen molar-refractivity contribution in [3.8, 4) is 0 Å². The first-order chi connectivity index (χ1) is 5.81. The van der Waals surface area contributed by atoms with Gasteiger partial charge in [-0.25, -0.2) is 0 Å². The van der Waals surface area contributed by atoms with E-state index in [0.29, 0.717) is 24.4 Å². The van der Waals surface area contributed by atoms with Crippen molar-refractivity contribution < 1.29 is 10.2 Å². The third-order valence-corrected chi connectivity index (χ3v) is 3.72. The van der Waals surface area contributed by atoms with Gasteiger partial charge in [0.25, 0.3) is 0 Å². The average molecular weight is 170 g/mol. The summed E-state index contributed by atoms with van der Waals surface area (Å²) in [5.41, 5.74) is 0. The van der Waals surface area contributed by atoms with Gasteiger partial charge in [-0.05, 0) is 43.4 Å². The molecule has 12 heavy (non-hydrogen) atoms. The highest BCUT2D eigenvalue weighted by molar-refractivity contribution is 4.89. The van der Waals surface area contributed by atoms with E-state index in [4.69, 9.17) is 0 Å². The molecule has 0 saturated heterocycles. The normalized spacial score (nSPS) is 47.5. The summed E-state index contributed by atoms with van der Waals surface area (Å²) in [6.45, 7) is 0.335. The molecule has 2 fully saturated rings. The first-order valence-electron chi connectivity index (χ1n) is 5.10. The maximum absolute atomic E-state index is 9.55. The minimum atomic E-state index is -0.0805. The average Bonchev–Trinajstić information content (AvgIpc) is 2.02. The Morgan fingerprint density at radius 1 is 1.08 bits per heavy atom. The van der Waals surface area contributed by atoms with Crippen molar-refractivity contribution in [3.63, 3.8) is 0 Å². The molecular weight excluding hydrogens is 152 g/mol. The Labute approximate surface area is 73.6 Å². The second-order valence-electron chi connectivity index (χ2n) is 4.42. The molecule has 2 heteroatoms. The van der Waals surface area contributed by atoms with Crippen LogP contribution >= 0.6 is 0 Å². The highest BCUT2D eigenvalue weighted by atomic mass is 16.3. The van der Waals surface area contributed by atoms with Crippen LogP contribution in [0.2, 0.25) is 0 Å². The molecule has 2 unspecified atom stereocenters. The molecule has 2 aliphatic rings. The molecule has 0 radical (unpaired) electrons. The Morgan fingerprint density at radius 3 is 2.17 bits per heavy atom. The van der Waals surface area contributed by atoms with Crippen molar-refractivity contribution in [2.75, 3.05) is 6.61 Å². The van der Waals surface area contributed by atoms with E-state index in [9.17, 15) is 10.2 Å². The summed E-state index contributed by atoms with van der Waals surface area (Å²) in [7, 11) is 0. The molecule has 2 saturated carbocycles. The quantitative estimate of drug-likeness (QED) is 0.620. The van der Waals surface area contributed by atoms with E-state index in [1.165, 1.54) is 19.3 Å².